The zero-order valence-corrected chi connectivity index (χ0v) is 18.1. The highest BCUT2D eigenvalue weighted by molar-refractivity contribution is 5.99. The van der Waals surface area contributed by atoms with Crippen LogP contribution in [-0.4, -0.2) is 25.0 Å². The van der Waals surface area contributed by atoms with Crippen LogP contribution < -0.4 is 20.3 Å². The smallest absolute Gasteiger partial charge is 0.269 e. The zero-order valence-electron chi connectivity index (χ0n) is 18.1. The SMILES string of the molecule is CCCCCCOc1ccc(C(=O)NNC(=O)c2ccc(OCC(C)C)cc2)cc1. The molecule has 6 nitrogen and oxygen atoms in total. The van der Waals surface area contributed by atoms with E-state index in [1.807, 2.05) is 0 Å². The highest BCUT2D eigenvalue weighted by Crippen LogP contribution is 2.14. The molecule has 2 aromatic carbocycles. The summed E-state index contributed by atoms with van der Waals surface area (Å²) in [6.45, 7) is 7.60. The molecule has 0 atom stereocenters. The van der Waals surface area contributed by atoms with Crippen LogP contribution in [0.3, 0.4) is 0 Å². The van der Waals surface area contributed by atoms with Crippen LogP contribution in [0.1, 0.15) is 67.2 Å². The maximum absolute atomic E-state index is 12.2. The number of hydrogen-bond donors (Lipinski definition) is 2. The minimum absolute atomic E-state index is 0.394. The Labute approximate surface area is 178 Å². The fraction of sp³-hybridized carbons (Fsp3) is 0.417. The molecule has 2 N–H and O–H groups in total. The minimum Gasteiger partial charge on any atom is -0.494 e. The van der Waals surface area contributed by atoms with Crippen molar-refractivity contribution in [1.82, 2.24) is 10.9 Å². The highest BCUT2D eigenvalue weighted by atomic mass is 16.5. The summed E-state index contributed by atoms with van der Waals surface area (Å²) in [4.78, 5) is 24.5. The van der Waals surface area contributed by atoms with Gasteiger partial charge in [0, 0.05) is 11.1 Å². The van der Waals surface area contributed by atoms with E-state index in [4.69, 9.17) is 9.47 Å². The van der Waals surface area contributed by atoms with E-state index in [0.29, 0.717) is 36.0 Å². The van der Waals surface area contributed by atoms with Gasteiger partial charge in [0.2, 0.25) is 0 Å². The van der Waals surface area contributed by atoms with Crippen LogP contribution in [-0.2, 0) is 0 Å². The van der Waals surface area contributed by atoms with E-state index in [1.54, 1.807) is 48.5 Å². The molecular weight excluding hydrogens is 380 g/mol. The largest absolute Gasteiger partial charge is 0.494 e. The number of hydrogen-bond acceptors (Lipinski definition) is 4. The Morgan fingerprint density at radius 3 is 1.73 bits per heavy atom. The first-order chi connectivity index (χ1) is 14.5. The average Bonchev–Trinajstić information content (AvgIpc) is 2.76. The molecule has 0 radical (unpaired) electrons. The lowest BCUT2D eigenvalue weighted by atomic mass is 10.2. The summed E-state index contributed by atoms with van der Waals surface area (Å²) >= 11 is 0. The molecule has 0 heterocycles. The van der Waals surface area contributed by atoms with Crippen molar-refractivity contribution in [2.45, 2.75) is 46.5 Å². The number of hydrazine groups is 1. The van der Waals surface area contributed by atoms with Crippen LogP contribution in [0.4, 0.5) is 0 Å². The normalized spacial score (nSPS) is 10.5. The Hall–Kier alpha value is -3.02. The Morgan fingerprint density at radius 2 is 1.27 bits per heavy atom. The summed E-state index contributed by atoms with van der Waals surface area (Å²) in [6, 6.07) is 13.6. The Bertz CT molecular complexity index is 786. The monoisotopic (exact) mass is 412 g/mol. The third-order valence-corrected chi connectivity index (χ3v) is 4.37. The van der Waals surface area contributed by atoms with Crippen molar-refractivity contribution in [1.29, 1.82) is 0 Å². The second-order valence-electron chi connectivity index (χ2n) is 7.57. The predicted molar refractivity (Wildman–Crippen MR) is 118 cm³/mol. The van der Waals surface area contributed by atoms with E-state index in [9.17, 15) is 9.59 Å². The van der Waals surface area contributed by atoms with Crippen molar-refractivity contribution >= 4 is 11.8 Å². The van der Waals surface area contributed by atoms with Crippen LogP contribution in [0.2, 0.25) is 0 Å². The van der Waals surface area contributed by atoms with Gasteiger partial charge in [-0.2, -0.15) is 0 Å². The Balaban J connectivity index is 1.77. The molecule has 0 saturated heterocycles. The molecular formula is C24H32N2O4. The lowest BCUT2D eigenvalue weighted by Crippen LogP contribution is -2.41. The number of amides is 2. The number of benzene rings is 2. The summed E-state index contributed by atoms with van der Waals surface area (Å²) in [5, 5.41) is 0. The minimum atomic E-state index is -0.397. The van der Waals surface area contributed by atoms with Crippen LogP contribution in [0.25, 0.3) is 0 Å². The van der Waals surface area contributed by atoms with E-state index in [0.717, 1.165) is 18.6 Å². The van der Waals surface area contributed by atoms with E-state index in [-0.39, 0.29) is 0 Å². The molecule has 0 bridgehead atoms. The maximum atomic E-state index is 12.2. The van der Waals surface area contributed by atoms with Gasteiger partial charge in [0.25, 0.3) is 11.8 Å². The van der Waals surface area contributed by atoms with Crippen LogP contribution >= 0.6 is 0 Å². The molecule has 0 unspecified atom stereocenters. The van der Waals surface area contributed by atoms with Gasteiger partial charge in [0.05, 0.1) is 13.2 Å². The number of carbonyl (C=O) groups excluding carboxylic acids is 2. The van der Waals surface area contributed by atoms with Crippen molar-refractivity contribution in [3.63, 3.8) is 0 Å². The summed E-state index contributed by atoms with van der Waals surface area (Å²) in [7, 11) is 0. The third-order valence-electron chi connectivity index (χ3n) is 4.37. The van der Waals surface area contributed by atoms with Crippen LogP contribution in [0, 0.1) is 5.92 Å². The Morgan fingerprint density at radius 1 is 0.767 bits per heavy atom. The number of carbonyl (C=O) groups is 2. The maximum Gasteiger partial charge on any atom is 0.269 e. The molecule has 30 heavy (non-hydrogen) atoms. The standard InChI is InChI=1S/C24H32N2O4/c1-4-5-6-7-16-29-21-12-8-19(9-13-21)23(27)25-26-24(28)20-10-14-22(15-11-20)30-17-18(2)3/h8-15,18H,4-7,16-17H2,1-3H3,(H,25,27)(H,26,28). The quantitative estimate of drug-likeness (QED) is 0.412. The summed E-state index contributed by atoms with van der Waals surface area (Å²) in [5.74, 6) is 1.07. The number of nitrogens with one attached hydrogen (secondary N) is 2. The first kappa shape index (κ1) is 23.3. The van der Waals surface area contributed by atoms with Gasteiger partial charge >= 0.3 is 0 Å². The molecule has 0 fully saturated rings. The van der Waals surface area contributed by atoms with Crippen molar-refractivity contribution in [2.24, 2.45) is 5.92 Å². The van der Waals surface area contributed by atoms with Crippen LogP contribution in [0.15, 0.2) is 48.5 Å². The van der Waals surface area contributed by atoms with Crippen molar-refractivity contribution in [2.75, 3.05) is 13.2 Å². The number of rotatable bonds is 11. The van der Waals surface area contributed by atoms with E-state index >= 15 is 0 Å². The van der Waals surface area contributed by atoms with Crippen molar-refractivity contribution in [3.8, 4) is 11.5 Å². The van der Waals surface area contributed by atoms with Gasteiger partial charge in [-0.3, -0.25) is 20.4 Å². The first-order valence-corrected chi connectivity index (χ1v) is 10.6. The van der Waals surface area contributed by atoms with Gasteiger partial charge in [-0.05, 0) is 60.9 Å². The molecule has 2 rings (SSSR count). The van der Waals surface area contributed by atoms with Gasteiger partial charge in [0.15, 0.2) is 0 Å². The van der Waals surface area contributed by atoms with Crippen molar-refractivity contribution < 1.29 is 19.1 Å². The molecule has 6 heteroatoms. The third kappa shape index (κ3) is 8.15. The predicted octanol–water partition coefficient (Wildman–Crippen LogP) is 4.76. The molecule has 0 saturated carbocycles. The van der Waals surface area contributed by atoms with Gasteiger partial charge in [0.1, 0.15) is 11.5 Å². The fourth-order valence-corrected chi connectivity index (χ4v) is 2.64. The number of ether oxygens (including phenoxy) is 2. The van der Waals surface area contributed by atoms with Gasteiger partial charge in [-0.25, -0.2) is 0 Å². The fourth-order valence-electron chi connectivity index (χ4n) is 2.64. The Kier molecular flexibility index (Phi) is 9.71. The van der Waals surface area contributed by atoms with Gasteiger partial charge in [-0.15, -0.1) is 0 Å². The van der Waals surface area contributed by atoms with E-state index in [2.05, 4.69) is 31.6 Å². The molecule has 0 aliphatic rings. The molecule has 2 amide bonds. The molecule has 0 aromatic heterocycles. The topological polar surface area (TPSA) is 76.7 Å². The molecule has 162 valence electrons. The zero-order chi connectivity index (χ0) is 21.8. The van der Waals surface area contributed by atoms with Gasteiger partial charge < -0.3 is 9.47 Å². The second kappa shape index (κ2) is 12.5. The lowest BCUT2D eigenvalue weighted by molar-refractivity contribution is 0.0846. The van der Waals surface area contributed by atoms with E-state index < -0.39 is 11.8 Å². The molecule has 2 aromatic rings. The van der Waals surface area contributed by atoms with Gasteiger partial charge in [-0.1, -0.05) is 40.0 Å². The molecule has 0 aliphatic carbocycles. The lowest BCUT2D eigenvalue weighted by Gasteiger charge is -2.10. The van der Waals surface area contributed by atoms with Crippen LogP contribution in [0.5, 0.6) is 11.5 Å². The molecule has 0 spiro atoms. The average molecular weight is 413 g/mol. The summed E-state index contributed by atoms with van der Waals surface area (Å²) in [6.07, 6.45) is 4.58. The summed E-state index contributed by atoms with van der Waals surface area (Å²) in [5.41, 5.74) is 5.72. The summed E-state index contributed by atoms with van der Waals surface area (Å²) < 4.78 is 11.3. The second-order valence-corrected chi connectivity index (χ2v) is 7.57. The van der Waals surface area contributed by atoms with E-state index in [1.165, 1.54) is 12.8 Å². The highest BCUT2D eigenvalue weighted by Gasteiger charge is 2.10. The molecule has 0 aliphatic heterocycles. The first-order valence-electron chi connectivity index (χ1n) is 10.6. The van der Waals surface area contributed by atoms with Crippen molar-refractivity contribution in [3.05, 3.63) is 59.7 Å². The number of unbranched alkanes of at least 4 members (excludes halogenated alkanes) is 3.